The number of nitrogens with one attached hydrogen (secondary N) is 1. The summed E-state index contributed by atoms with van der Waals surface area (Å²) in [5.41, 5.74) is 1.18. The molecule has 1 aromatic carbocycles. The van der Waals surface area contributed by atoms with E-state index in [1.54, 1.807) is 6.07 Å². The summed E-state index contributed by atoms with van der Waals surface area (Å²) in [6.07, 6.45) is 0.453. The molecule has 19 heavy (non-hydrogen) atoms. The predicted molar refractivity (Wildman–Crippen MR) is 71.3 cm³/mol. The quantitative estimate of drug-likeness (QED) is 0.904. The molecule has 5 heteroatoms. The molecule has 1 N–H and O–H groups in total. The van der Waals surface area contributed by atoms with Crippen molar-refractivity contribution in [2.75, 3.05) is 13.1 Å². The second-order valence-electron chi connectivity index (χ2n) is 5.27. The summed E-state index contributed by atoms with van der Waals surface area (Å²) in [4.78, 5) is 9.81. The van der Waals surface area contributed by atoms with E-state index in [1.165, 1.54) is 6.07 Å². The van der Waals surface area contributed by atoms with Crippen molar-refractivity contribution >= 4 is 11.0 Å². The van der Waals surface area contributed by atoms with Crippen molar-refractivity contribution in [3.63, 3.8) is 0 Å². The zero-order valence-corrected chi connectivity index (χ0v) is 11.2. The van der Waals surface area contributed by atoms with Gasteiger partial charge >= 0.3 is 0 Å². The lowest BCUT2D eigenvalue weighted by molar-refractivity contribution is -0.0710. The Labute approximate surface area is 111 Å². The Balaban J connectivity index is 1.79. The lowest BCUT2D eigenvalue weighted by atomic mass is 10.2. The van der Waals surface area contributed by atoms with Crippen LogP contribution in [0.25, 0.3) is 11.0 Å². The third-order valence-electron chi connectivity index (χ3n) is 3.38. The van der Waals surface area contributed by atoms with Crippen LogP contribution in [0, 0.1) is 5.82 Å². The van der Waals surface area contributed by atoms with E-state index < -0.39 is 0 Å². The normalized spacial score (nSPS) is 25.0. The van der Waals surface area contributed by atoms with Gasteiger partial charge in [-0.05, 0) is 26.0 Å². The second-order valence-corrected chi connectivity index (χ2v) is 5.27. The fourth-order valence-corrected chi connectivity index (χ4v) is 2.75. The number of rotatable bonds is 2. The molecule has 2 atom stereocenters. The van der Waals surface area contributed by atoms with E-state index in [1.807, 2.05) is 6.07 Å². The van der Waals surface area contributed by atoms with Gasteiger partial charge in [0.2, 0.25) is 0 Å². The van der Waals surface area contributed by atoms with Gasteiger partial charge in [0.25, 0.3) is 0 Å². The molecule has 3 rings (SSSR count). The maximum Gasteiger partial charge on any atom is 0.151 e. The highest BCUT2D eigenvalue weighted by molar-refractivity contribution is 5.75. The lowest BCUT2D eigenvalue weighted by Crippen LogP contribution is -2.44. The molecular formula is C14H18FN3O. The van der Waals surface area contributed by atoms with Gasteiger partial charge in [0.15, 0.2) is 5.82 Å². The third kappa shape index (κ3) is 2.62. The van der Waals surface area contributed by atoms with Crippen LogP contribution in [0.5, 0.6) is 0 Å². The molecule has 0 amide bonds. The maximum atomic E-state index is 13.6. The maximum absolute atomic E-state index is 13.6. The number of fused-ring (bicyclic) bond motifs is 1. The molecule has 0 aliphatic carbocycles. The lowest BCUT2D eigenvalue weighted by Gasteiger charge is -2.34. The number of aromatic amines is 1. The molecule has 1 saturated heterocycles. The first-order chi connectivity index (χ1) is 9.11. The summed E-state index contributed by atoms with van der Waals surface area (Å²) < 4.78 is 19.3. The monoisotopic (exact) mass is 263 g/mol. The van der Waals surface area contributed by atoms with Crippen LogP contribution in [0.1, 0.15) is 19.7 Å². The smallest absolute Gasteiger partial charge is 0.151 e. The standard InChI is InChI=1S/C14H18FN3O/c1-9-6-18(7-10(2)19-9)8-13-16-12-5-3-4-11(15)14(12)17-13/h3-5,9-10H,6-8H2,1-2H3,(H,16,17)/t9-,10+. The number of aromatic nitrogens is 2. The van der Waals surface area contributed by atoms with Gasteiger partial charge in [-0.15, -0.1) is 0 Å². The van der Waals surface area contributed by atoms with Crippen molar-refractivity contribution in [2.24, 2.45) is 0 Å². The average Bonchev–Trinajstić information content (AvgIpc) is 2.71. The molecule has 102 valence electrons. The average molecular weight is 263 g/mol. The van der Waals surface area contributed by atoms with Crippen LogP contribution in [0.3, 0.4) is 0 Å². The Morgan fingerprint density at radius 3 is 2.79 bits per heavy atom. The van der Waals surface area contributed by atoms with E-state index in [9.17, 15) is 4.39 Å². The molecule has 2 heterocycles. The number of para-hydroxylation sites is 1. The fraction of sp³-hybridized carbons (Fsp3) is 0.500. The van der Waals surface area contributed by atoms with Crippen LogP contribution in [0.4, 0.5) is 4.39 Å². The first-order valence-corrected chi connectivity index (χ1v) is 6.63. The highest BCUT2D eigenvalue weighted by Crippen LogP contribution is 2.17. The van der Waals surface area contributed by atoms with Crippen molar-refractivity contribution in [3.8, 4) is 0 Å². The van der Waals surface area contributed by atoms with Gasteiger partial charge in [-0.2, -0.15) is 0 Å². The molecule has 0 radical (unpaired) electrons. The van der Waals surface area contributed by atoms with Crippen LogP contribution in [-0.4, -0.2) is 40.2 Å². The Morgan fingerprint density at radius 1 is 1.37 bits per heavy atom. The first kappa shape index (κ1) is 12.6. The van der Waals surface area contributed by atoms with E-state index in [-0.39, 0.29) is 18.0 Å². The van der Waals surface area contributed by atoms with Gasteiger partial charge in [0.1, 0.15) is 11.3 Å². The number of imidazole rings is 1. The zero-order chi connectivity index (χ0) is 13.4. The van der Waals surface area contributed by atoms with E-state index >= 15 is 0 Å². The minimum Gasteiger partial charge on any atom is -0.373 e. The Hall–Kier alpha value is -1.46. The highest BCUT2D eigenvalue weighted by atomic mass is 19.1. The molecule has 0 saturated carbocycles. The summed E-state index contributed by atoms with van der Waals surface area (Å²) in [7, 11) is 0. The van der Waals surface area contributed by atoms with Gasteiger partial charge < -0.3 is 9.72 Å². The van der Waals surface area contributed by atoms with Crippen molar-refractivity contribution < 1.29 is 9.13 Å². The molecule has 2 aromatic rings. The minimum atomic E-state index is -0.274. The number of hydrogen-bond donors (Lipinski definition) is 1. The van der Waals surface area contributed by atoms with Gasteiger partial charge in [0.05, 0.1) is 24.3 Å². The Kier molecular flexibility index (Phi) is 3.24. The van der Waals surface area contributed by atoms with Crippen LogP contribution < -0.4 is 0 Å². The molecule has 0 bridgehead atoms. The molecule has 1 aliphatic rings. The predicted octanol–water partition coefficient (Wildman–Crippen LogP) is 2.31. The molecule has 4 nitrogen and oxygen atoms in total. The first-order valence-electron chi connectivity index (χ1n) is 6.63. The molecule has 1 fully saturated rings. The fourth-order valence-electron chi connectivity index (χ4n) is 2.75. The molecule has 1 aliphatic heterocycles. The highest BCUT2D eigenvalue weighted by Gasteiger charge is 2.23. The number of benzene rings is 1. The van der Waals surface area contributed by atoms with Crippen molar-refractivity contribution in [1.29, 1.82) is 0 Å². The minimum absolute atomic E-state index is 0.227. The molecule has 0 unspecified atom stereocenters. The van der Waals surface area contributed by atoms with Crippen LogP contribution >= 0.6 is 0 Å². The van der Waals surface area contributed by atoms with Crippen LogP contribution in [0.2, 0.25) is 0 Å². The van der Waals surface area contributed by atoms with Gasteiger partial charge in [0, 0.05) is 13.1 Å². The number of morpholine rings is 1. The number of halogens is 1. The van der Waals surface area contributed by atoms with Crippen molar-refractivity contribution in [1.82, 2.24) is 14.9 Å². The Bertz CT molecular complexity index is 573. The summed E-state index contributed by atoms with van der Waals surface area (Å²) in [5.74, 6) is 0.533. The number of H-pyrrole nitrogens is 1. The number of ether oxygens (including phenoxy) is 1. The van der Waals surface area contributed by atoms with E-state index in [4.69, 9.17) is 4.74 Å². The molecule has 0 spiro atoms. The van der Waals surface area contributed by atoms with E-state index in [0.717, 1.165) is 24.4 Å². The van der Waals surface area contributed by atoms with Gasteiger partial charge in [-0.3, -0.25) is 4.90 Å². The Morgan fingerprint density at radius 2 is 2.11 bits per heavy atom. The number of nitrogens with zero attached hydrogens (tertiary/aromatic N) is 2. The van der Waals surface area contributed by atoms with Gasteiger partial charge in [-0.25, -0.2) is 9.37 Å². The topological polar surface area (TPSA) is 41.2 Å². The molecular weight excluding hydrogens is 245 g/mol. The summed E-state index contributed by atoms with van der Waals surface area (Å²) >= 11 is 0. The number of hydrogen-bond acceptors (Lipinski definition) is 3. The van der Waals surface area contributed by atoms with Crippen LogP contribution in [-0.2, 0) is 11.3 Å². The largest absolute Gasteiger partial charge is 0.373 e. The summed E-state index contributed by atoms with van der Waals surface area (Å²) in [6.45, 7) is 6.60. The summed E-state index contributed by atoms with van der Waals surface area (Å²) in [5, 5.41) is 0. The van der Waals surface area contributed by atoms with E-state index in [2.05, 4.69) is 28.7 Å². The molecule has 1 aromatic heterocycles. The zero-order valence-electron chi connectivity index (χ0n) is 11.2. The SMILES string of the molecule is C[C@@H]1CN(Cc2nc3c(F)cccc3[nH]2)C[C@H](C)O1. The van der Waals surface area contributed by atoms with E-state index in [0.29, 0.717) is 12.1 Å². The third-order valence-corrected chi connectivity index (χ3v) is 3.38. The van der Waals surface area contributed by atoms with Crippen molar-refractivity contribution in [3.05, 3.63) is 29.8 Å². The summed E-state index contributed by atoms with van der Waals surface area (Å²) in [6, 6.07) is 4.98. The second kappa shape index (κ2) is 4.90. The van der Waals surface area contributed by atoms with Crippen molar-refractivity contribution in [2.45, 2.75) is 32.6 Å². The van der Waals surface area contributed by atoms with Gasteiger partial charge in [-0.1, -0.05) is 6.07 Å². The van der Waals surface area contributed by atoms with Crippen LogP contribution in [0.15, 0.2) is 18.2 Å².